The van der Waals surface area contributed by atoms with Gasteiger partial charge in [-0.2, -0.15) is 0 Å². The molecule has 3 heteroatoms. The standard InChI is InChI=1S/C33H27BrN2/c1-2-3-22-36-32(24-16-8-5-9-17-24)31(23-14-6-4-7-15-23)35-33(36)29-25-18-10-12-20-27(25)30(34)28-21-13-11-19-26(28)29/h4-21H,2-3,22H2,1H3. The van der Waals surface area contributed by atoms with Crippen molar-refractivity contribution < 1.29 is 0 Å². The molecule has 0 N–H and O–H groups in total. The van der Waals surface area contributed by atoms with Crippen molar-refractivity contribution in [3.05, 3.63) is 114 Å². The van der Waals surface area contributed by atoms with Crippen molar-refractivity contribution in [2.24, 2.45) is 0 Å². The number of fused-ring (bicyclic) bond motifs is 2. The van der Waals surface area contributed by atoms with Crippen LogP contribution in [-0.4, -0.2) is 9.55 Å². The number of imidazole rings is 1. The Kier molecular flexibility index (Phi) is 6.16. The monoisotopic (exact) mass is 530 g/mol. The second kappa shape index (κ2) is 9.75. The molecule has 36 heavy (non-hydrogen) atoms. The lowest BCUT2D eigenvalue weighted by molar-refractivity contribution is 0.642. The molecule has 0 aliphatic carbocycles. The third-order valence-corrected chi connectivity index (χ3v) is 7.74. The van der Waals surface area contributed by atoms with Crippen molar-refractivity contribution in [1.82, 2.24) is 9.55 Å². The fourth-order valence-corrected chi connectivity index (χ4v) is 5.87. The van der Waals surface area contributed by atoms with E-state index < -0.39 is 0 Å². The molecule has 176 valence electrons. The van der Waals surface area contributed by atoms with Crippen molar-refractivity contribution in [3.63, 3.8) is 0 Å². The number of nitrogens with zero attached hydrogens (tertiary/aromatic N) is 2. The third-order valence-electron chi connectivity index (χ3n) is 6.89. The molecule has 0 aliphatic rings. The molecular weight excluding hydrogens is 504 g/mol. The van der Waals surface area contributed by atoms with Crippen molar-refractivity contribution in [3.8, 4) is 33.9 Å². The minimum atomic E-state index is 0.911. The Morgan fingerprint density at radius 1 is 0.639 bits per heavy atom. The summed E-state index contributed by atoms with van der Waals surface area (Å²) in [5.41, 5.74) is 5.74. The van der Waals surface area contributed by atoms with Gasteiger partial charge in [0.15, 0.2) is 0 Å². The van der Waals surface area contributed by atoms with Crippen molar-refractivity contribution in [2.75, 3.05) is 0 Å². The number of aromatic nitrogens is 2. The maximum absolute atomic E-state index is 5.46. The van der Waals surface area contributed by atoms with Crippen LogP contribution in [0.2, 0.25) is 0 Å². The molecule has 0 radical (unpaired) electrons. The first-order chi connectivity index (χ1) is 17.8. The molecule has 2 nitrogen and oxygen atoms in total. The van der Waals surface area contributed by atoms with E-state index in [0.717, 1.165) is 40.9 Å². The van der Waals surface area contributed by atoms with Gasteiger partial charge in [0.05, 0.1) is 11.4 Å². The Balaban J connectivity index is 1.77. The maximum atomic E-state index is 5.46. The van der Waals surface area contributed by atoms with Crippen LogP contribution in [0.3, 0.4) is 0 Å². The first-order valence-corrected chi connectivity index (χ1v) is 13.4. The summed E-state index contributed by atoms with van der Waals surface area (Å²) in [6.07, 6.45) is 2.21. The van der Waals surface area contributed by atoms with Crippen LogP contribution in [0.1, 0.15) is 19.8 Å². The molecule has 1 heterocycles. The average molecular weight is 531 g/mol. The summed E-state index contributed by atoms with van der Waals surface area (Å²) < 4.78 is 3.60. The summed E-state index contributed by atoms with van der Waals surface area (Å²) in [7, 11) is 0. The van der Waals surface area contributed by atoms with E-state index >= 15 is 0 Å². The predicted octanol–water partition coefficient (Wildman–Crippen LogP) is 9.75. The summed E-state index contributed by atoms with van der Waals surface area (Å²) in [6, 6.07) is 38.6. The van der Waals surface area contributed by atoms with Gasteiger partial charge in [-0.05, 0) is 43.9 Å². The van der Waals surface area contributed by atoms with Crippen molar-refractivity contribution in [2.45, 2.75) is 26.3 Å². The minimum Gasteiger partial charge on any atom is -0.323 e. The highest BCUT2D eigenvalue weighted by Crippen LogP contribution is 2.44. The van der Waals surface area contributed by atoms with Crippen LogP contribution in [0.25, 0.3) is 55.4 Å². The van der Waals surface area contributed by atoms with Gasteiger partial charge < -0.3 is 4.57 Å². The highest BCUT2D eigenvalue weighted by molar-refractivity contribution is 9.10. The molecular formula is C33H27BrN2. The van der Waals surface area contributed by atoms with Crippen LogP contribution in [-0.2, 0) is 6.54 Å². The van der Waals surface area contributed by atoms with Crippen LogP contribution in [0.4, 0.5) is 0 Å². The van der Waals surface area contributed by atoms with Crippen LogP contribution >= 0.6 is 15.9 Å². The molecule has 0 saturated heterocycles. The molecule has 0 fully saturated rings. The van der Waals surface area contributed by atoms with E-state index in [0.29, 0.717) is 0 Å². The Labute approximate surface area is 220 Å². The number of halogens is 1. The van der Waals surface area contributed by atoms with Crippen molar-refractivity contribution >= 4 is 37.5 Å². The molecule has 0 unspecified atom stereocenters. The van der Waals surface area contributed by atoms with Gasteiger partial charge in [-0.3, -0.25) is 0 Å². The fraction of sp³-hybridized carbons (Fsp3) is 0.121. The lowest BCUT2D eigenvalue weighted by atomic mass is 9.96. The van der Waals surface area contributed by atoms with Crippen LogP contribution in [0.5, 0.6) is 0 Å². The van der Waals surface area contributed by atoms with E-state index in [9.17, 15) is 0 Å². The largest absolute Gasteiger partial charge is 0.323 e. The van der Waals surface area contributed by atoms with Gasteiger partial charge in [-0.25, -0.2) is 4.98 Å². The number of rotatable bonds is 6. The Hall–Kier alpha value is -3.69. The number of hydrogen-bond donors (Lipinski definition) is 0. The molecule has 0 saturated carbocycles. The number of hydrogen-bond acceptors (Lipinski definition) is 1. The number of unbranched alkanes of at least 4 members (excludes halogenated alkanes) is 1. The van der Waals surface area contributed by atoms with Crippen LogP contribution in [0, 0.1) is 0 Å². The van der Waals surface area contributed by atoms with Crippen LogP contribution in [0.15, 0.2) is 114 Å². The Morgan fingerprint density at radius 3 is 1.69 bits per heavy atom. The van der Waals surface area contributed by atoms with Gasteiger partial charge in [0.2, 0.25) is 0 Å². The smallest absolute Gasteiger partial charge is 0.142 e. The van der Waals surface area contributed by atoms with E-state index in [1.165, 1.54) is 38.4 Å². The second-order valence-corrected chi connectivity index (χ2v) is 9.94. The molecule has 0 amide bonds. The van der Waals surface area contributed by atoms with E-state index in [1.54, 1.807) is 0 Å². The molecule has 6 aromatic rings. The molecule has 5 aromatic carbocycles. The summed E-state index contributed by atoms with van der Waals surface area (Å²) >= 11 is 3.92. The summed E-state index contributed by atoms with van der Waals surface area (Å²) in [5, 5.41) is 4.84. The van der Waals surface area contributed by atoms with Gasteiger partial charge in [0.25, 0.3) is 0 Å². The molecule has 0 atom stereocenters. The summed E-state index contributed by atoms with van der Waals surface area (Å²) in [4.78, 5) is 5.46. The zero-order chi connectivity index (χ0) is 24.5. The lowest BCUT2D eigenvalue weighted by Gasteiger charge is -2.17. The first kappa shape index (κ1) is 22.8. The molecule has 0 bridgehead atoms. The Bertz CT molecular complexity index is 1610. The minimum absolute atomic E-state index is 0.911. The van der Waals surface area contributed by atoms with E-state index in [4.69, 9.17) is 4.98 Å². The molecule has 1 aromatic heterocycles. The highest BCUT2D eigenvalue weighted by Gasteiger charge is 2.24. The third kappa shape index (κ3) is 3.84. The van der Waals surface area contributed by atoms with E-state index in [-0.39, 0.29) is 0 Å². The topological polar surface area (TPSA) is 17.8 Å². The molecule has 0 aliphatic heterocycles. The first-order valence-electron chi connectivity index (χ1n) is 12.6. The summed E-state index contributed by atoms with van der Waals surface area (Å²) in [6.45, 7) is 3.16. The van der Waals surface area contributed by atoms with Gasteiger partial charge in [-0.1, -0.05) is 123 Å². The normalized spacial score (nSPS) is 11.4. The quantitative estimate of drug-likeness (QED) is 0.196. The van der Waals surface area contributed by atoms with Crippen LogP contribution < -0.4 is 0 Å². The predicted molar refractivity (Wildman–Crippen MR) is 156 cm³/mol. The van der Waals surface area contributed by atoms with Gasteiger partial charge >= 0.3 is 0 Å². The maximum Gasteiger partial charge on any atom is 0.142 e. The highest BCUT2D eigenvalue weighted by atomic mass is 79.9. The average Bonchev–Trinajstić information content (AvgIpc) is 3.32. The number of benzene rings is 5. The zero-order valence-electron chi connectivity index (χ0n) is 20.3. The van der Waals surface area contributed by atoms with E-state index in [2.05, 4.69) is 137 Å². The molecule has 6 rings (SSSR count). The van der Waals surface area contributed by atoms with Gasteiger partial charge in [0.1, 0.15) is 5.82 Å². The van der Waals surface area contributed by atoms with E-state index in [1.807, 2.05) is 0 Å². The van der Waals surface area contributed by atoms with Gasteiger partial charge in [0, 0.05) is 27.7 Å². The van der Waals surface area contributed by atoms with Crippen molar-refractivity contribution in [1.29, 1.82) is 0 Å². The summed E-state index contributed by atoms with van der Waals surface area (Å²) in [5.74, 6) is 1.03. The fourth-order valence-electron chi connectivity index (χ4n) is 5.18. The molecule has 0 spiro atoms. The Morgan fingerprint density at radius 2 is 1.14 bits per heavy atom. The zero-order valence-corrected chi connectivity index (χ0v) is 21.9. The lowest BCUT2D eigenvalue weighted by Crippen LogP contribution is -2.04. The second-order valence-electron chi connectivity index (χ2n) is 9.15. The SMILES string of the molecule is CCCCn1c(-c2c3ccccc3c(Br)c3ccccc23)nc(-c2ccccc2)c1-c1ccccc1. The van der Waals surface area contributed by atoms with Gasteiger partial charge in [-0.15, -0.1) is 0 Å².